The number of halogens is 1. The molecule has 9 heteroatoms. The minimum absolute atomic E-state index is 0.0192. The zero-order valence-corrected chi connectivity index (χ0v) is 19.9. The lowest BCUT2D eigenvalue weighted by Crippen LogP contribution is -2.48. The summed E-state index contributed by atoms with van der Waals surface area (Å²) in [6.45, 7) is 6.81. The molecule has 8 nitrogen and oxygen atoms in total. The molecule has 5 rings (SSSR count). The van der Waals surface area contributed by atoms with E-state index in [1.807, 2.05) is 11.0 Å². The predicted octanol–water partition coefficient (Wildman–Crippen LogP) is 3.08. The van der Waals surface area contributed by atoms with Gasteiger partial charge in [-0.2, -0.15) is 0 Å². The zero-order chi connectivity index (χ0) is 24.2. The molecule has 3 aromatic rings. The number of carbonyl (C=O) groups is 1. The molecular weight excluding hydrogens is 447 g/mol. The van der Waals surface area contributed by atoms with Gasteiger partial charge in [-0.15, -0.1) is 0 Å². The third-order valence-electron chi connectivity index (χ3n) is 6.74. The summed E-state index contributed by atoms with van der Waals surface area (Å²) in [6.07, 6.45) is 4.55. The maximum Gasteiger partial charge on any atom is 0.317 e. The van der Waals surface area contributed by atoms with Crippen LogP contribution in [0.4, 0.5) is 9.18 Å². The largest absolute Gasteiger partial charge is 0.496 e. The molecule has 35 heavy (non-hydrogen) atoms. The number of rotatable bonds is 6. The Balaban J connectivity index is 1.27. The molecule has 4 heterocycles. The van der Waals surface area contributed by atoms with E-state index in [0.717, 1.165) is 67.0 Å². The highest BCUT2D eigenvalue weighted by molar-refractivity contribution is 5.96. The monoisotopic (exact) mass is 478 g/mol. The van der Waals surface area contributed by atoms with Gasteiger partial charge in [-0.3, -0.25) is 4.90 Å². The Morgan fingerprint density at radius 2 is 2.03 bits per heavy atom. The molecule has 0 bridgehead atoms. The van der Waals surface area contributed by atoms with Gasteiger partial charge in [0, 0.05) is 75.2 Å². The number of nitrogens with one attached hydrogen (secondary N) is 3. The van der Waals surface area contributed by atoms with Gasteiger partial charge in [-0.05, 0) is 47.9 Å². The Kier molecular flexibility index (Phi) is 6.96. The average Bonchev–Trinajstić information content (AvgIpc) is 3.34. The van der Waals surface area contributed by atoms with Crippen LogP contribution in [0, 0.1) is 5.82 Å². The number of hydrogen-bond donors (Lipinski definition) is 3. The molecular formula is C26H31FN6O2. The third kappa shape index (κ3) is 5.16. The van der Waals surface area contributed by atoms with Gasteiger partial charge >= 0.3 is 6.03 Å². The summed E-state index contributed by atoms with van der Waals surface area (Å²) in [4.78, 5) is 24.7. The van der Waals surface area contributed by atoms with Crippen molar-refractivity contribution in [3.05, 3.63) is 54.1 Å². The number of urea groups is 1. The molecule has 2 aliphatic heterocycles. The fourth-order valence-corrected chi connectivity index (χ4v) is 4.79. The lowest BCUT2D eigenvalue weighted by molar-refractivity contribution is 0.197. The van der Waals surface area contributed by atoms with Crippen molar-refractivity contribution in [2.45, 2.75) is 6.42 Å². The molecule has 184 valence electrons. The SMILES string of the molecule is COc1ccc(F)cc1-c1ccnc2[nH]c(C3=CCN(C(=O)NCCN4CCNCC4)CC3)cc12. The summed E-state index contributed by atoms with van der Waals surface area (Å²) < 4.78 is 19.5. The fraction of sp³-hybridized carbons (Fsp3) is 0.385. The molecule has 0 atom stereocenters. The molecule has 1 fully saturated rings. The lowest BCUT2D eigenvalue weighted by Gasteiger charge is -2.29. The van der Waals surface area contributed by atoms with Crippen LogP contribution in [0.2, 0.25) is 0 Å². The van der Waals surface area contributed by atoms with E-state index in [4.69, 9.17) is 4.74 Å². The number of carbonyl (C=O) groups excluding carboxylic acids is 1. The molecule has 0 spiro atoms. The summed E-state index contributed by atoms with van der Waals surface area (Å²) in [7, 11) is 1.58. The van der Waals surface area contributed by atoms with Crippen LogP contribution in [0.3, 0.4) is 0 Å². The molecule has 2 amide bonds. The Morgan fingerprint density at radius 1 is 1.17 bits per heavy atom. The molecule has 0 radical (unpaired) electrons. The van der Waals surface area contributed by atoms with E-state index >= 15 is 0 Å². The molecule has 1 aromatic carbocycles. The average molecular weight is 479 g/mol. The van der Waals surface area contributed by atoms with Crippen molar-refractivity contribution >= 4 is 22.6 Å². The number of ether oxygens (including phenoxy) is 1. The number of aromatic nitrogens is 2. The summed E-state index contributed by atoms with van der Waals surface area (Å²) in [5.41, 5.74) is 4.39. The number of amides is 2. The zero-order valence-electron chi connectivity index (χ0n) is 19.9. The minimum atomic E-state index is -0.317. The quantitative estimate of drug-likeness (QED) is 0.507. The van der Waals surface area contributed by atoms with Crippen LogP contribution in [-0.2, 0) is 0 Å². The van der Waals surface area contributed by atoms with Crippen molar-refractivity contribution in [1.29, 1.82) is 0 Å². The van der Waals surface area contributed by atoms with Gasteiger partial charge < -0.3 is 25.3 Å². The third-order valence-corrected chi connectivity index (χ3v) is 6.74. The second-order valence-corrected chi connectivity index (χ2v) is 8.90. The van der Waals surface area contributed by atoms with Crippen molar-refractivity contribution in [3.63, 3.8) is 0 Å². The second kappa shape index (κ2) is 10.5. The van der Waals surface area contributed by atoms with Crippen molar-refractivity contribution in [3.8, 4) is 16.9 Å². The summed E-state index contributed by atoms with van der Waals surface area (Å²) in [6, 6.07) is 8.42. The number of benzene rings is 1. The normalized spacial score (nSPS) is 16.9. The number of hydrogen-bond acceptors (Lipinski definition) is 5. The Labute approximate surface area is 204 Å². The first-order chi connectivity index (χ1) is 17.1. The Morgan fingerprint density at radius 3 is 2.80 bits per heavy atom. The maximum absolute atomic E-state index is 14.0. The maximum atomic E-state index is 14.0. The molecule has 0 saturated carbocycles. The number of pyridine rings is 1. The van der Waals surface area contributed by atoms with Gasteiger partial charge in [0.1, 0.15) is 17.2 Å². The molecule has 1 saturated heterocycles. The minimum Gasteiger partial charge on any atom is -0.496 e. The topological polar surface area (TPSA) is 85.5 Å². The Bertz CT molecular complexity index is 1230. The van der Waals surface area contributed by atoms with Crippen molar-refractivity contribution in [1.82, 2.24) is 30.4 Å². The molecule has 3 N–H and O–H groups in total. The van der Waals surface area contributed by atoms with Crippen LogP contribution in [-0.4, -0.2) is 85.3 Å². The smallest absolute Gasteiger partial charge is 0.317 e. The first kappa shape index (κ1) is 23.3. The van der Waals surface area contributed by atoms with Crippen molar-refractivity contribution < 1.29 is 13.9 Å². The van der Waals surface area contributed by atoms with E-state index < -0.39 is 0 Å². The van der Waals surface area contributed by atoms with Crippen LogP contribution in [0.25, 0.3) is 27.7 Å². The number of nitrogens with zero attached hydrogens (tertiary/aromatic N) is 3. The standard InChI is InChI=1S/C26H31FN6O2/c1-35-24-3-2-19(27)16-21(24)20-4-7-29-25-22(20)17-23(31-25)18-5-11-33(12-6-18)26(34)30-10-15-32-13-8-28-9-14-32/h2-5,7,16-17,28H,6,8-15H2,1H3,(H,29,31)(H,30,34). The van der Waals surface area contributed by atoms with Gasteiger partial charge in [-0.1, -0.05) is 6.08 Å². The summed E-state index contributed by atoms with van der Waals surface area (Å²) in [5, 5.41) is 7.29. The van der Waals surface area contributed by atoms with Gasteiger partial charge in [-0.25, -0.2) is 14.2 Å². The summed E-state index contributed by atoms with van der Waals surface area (Å²) >= 11 is 0. The highest BCUT2D eigenvalue weighted by Gasteiger charge is 2.20. The number of aromatic amines is 1. The predicted molar refractivity (Wildman–Crippen MR) is 135 cm³/mol. The van der Waals surface area contributed by atoms with E-state index in [0.29, 0.717) is 30.9 Å². The first-order valence-corrected chi connectivity index (χ1v) is 12.1. The number of fused-ring (bicyclic) bond motifs is 1. The number of piperazine rings is 1. The number of H-pyrrole nitrogens is 1. The second-order valence-electron chi connectivity index (χ2n) is 8.90. The van der Waals surface area contributed by atoms with Crippen LogP contribution in [0.1, 0.15) is 12.1 Å². The van der Waals surface area contributed by atoms with E-state index in [-0.39, 0.29) is 11.8 Å². The van der Waals surface area contributed by atoms with Crippen LogP contribution in [0.15, 0.2) is 42.6 Å². The van der Waals surface area contributed by atoms with Crippen LogP contribution < -0.4 is 15.4 Å². The fourth-order valence-electron chi connectivity index (χ4n) is 4.79. The molecule has 0 unspecified atom stereocenters. The van der Waals surface area contributed by atoms with E-state index in [2.05, 4.69) is 37.6 Å². The van der Waals surface area contributed by atoms with E-state index in [9.17, 15) is 9.18 Å². The van der Waals surface area contributed by atoms with Crippen molar-refractivity contribution in [2.75, 3.05) is 59.5 Å². The van der Waals surface area contributed by atoms with Crippen LogP contribution in [0.5, 0.6) is 5.75 Å². The highest BCUT2D eigenvalue weighted by Crippen LogP contribution is 2.36. The highest BCUT2D eigenvalue weighted by atomic mass is 19.1. The molecule has 0 aliphatic carbocycles. The van der Waals surface area contributed by atoms with Gasteiger partial charge in [0.25, 0.3) is 0 Å². The molecule has 2 aliphatic rings. The van der Waals surface area contributed by atoms with Gasteiger partial charge in [0.15, 0.2) is 0 Å². The van der Waals surface area contributed by atoms with Crippen molar-refractivity contribution in [2.24, 2.45) is 0 Å². The Hall–Kier alpha value is -3.43. The van der Waals surface area contributed by atoms with E-state index in [1.54, 1.807) is 19.4 Å². The van der Waals surface area contributed by atoms with Gasteiger partial charge in [0.05, 0.1) is 7.11 Å². The summed E-state index contributed by atoms with van der Waals surface area (Å²) in [5.74, 6) is 0.292. The lowest BCUT2D eigenvalue weighted by atomic mass is 10.0. The van der Waals surface area contributed by atoms with E-state index in [1.165, 1.54) is 12.1 Å². The van der Waals surface area contributed by atoms with Gasteiger partial charge in [0.2, 0.25) is 0 Å². The first-order valence-electron chi connectivity index (χ1n) is 12.1. The molecule has 2 aromatic heterocycles. The number of methoxy groups -OCH3 is 1. The van der Waals surface area contributed by atoms with Crippen LogP contribution >= 0.6 is 0 Å².